The van der Waals surface area contributed by atoms with E-state index in [1.165, 1.54) is 18.3 Å². The van der Waals surface area contributed by atoms with Gasteiger partial charge in [-0.2, -0.15) is 0 Å². The van der Waals surface area contributed by atoms with Gasteiger partial charge in [0.05, 0.1) is 22.9 Å². The first-order chi connectivity index (χ1) is 26.0. The molecule has 54 heavy (non-hydrogen) atoms. The monoisotopic (exact) mass is 754 g/mol. The van der Waals surface area contributed by atoms with Crippen molar-refractivity contribution < 1.29 is 28.7 Å². The van der Waals surface area contributed by atoms with Gasteiger partial charge < -0.3 is 37.5 Å². The molecule has 0 radical (unpaired) electrons. The highest BCUT2D eigenvalue weighted by Crippen LogP contribution is 2.24. The van der Waals surface area contributed by atoms with Crippen LogP contribution in [0, 0.1) is 0 Å². The van der Waals surface area contributed by atoms with E-state index >= 15 is 0 Å². The van der Waals surface area contributed by atoms with E-state index in [1.807, 2.05) is 66.7 Å². The summed E-state index contributed by atoms with van der Waals surface area (Å²) in [5, 5.41) is 11.5. The number of guanidine groups is 1. The van der Waals surface area contributed by atoms with Crippen molar-refractivity contribution in [2.24, 2.45) is 16.5 Å². The Hall–Kier alpha value is -5.83. The summed E-state index contributed by atoms with van der Waals surface area (Å²) in [5.74, 6) is -1.96. The minimum Gasteiger partial charge on any atom is -0.494 e. The fourth-order valence-electron chi connectivity index (χ4n) is 6.10. The molecule has 8 N–H and O–H groups in total. The van der Waals surface area contributed by atoms with Crippen LogP contribution in [0.2, 0.25) is 0 Å². The lowest BCUT2D eigenvalue weighted by molar-refractivity contribution is -0.133. The van der Waals surface area contributed by atoms with Crippen LogP contribution in [-0.4, -0.2) is 77.7 Å². The van der Waals surface area contributed by atoms with Crippen molar-refractivity contribution in [1.29, 1.82) is 0 Å². The summed E-state index contributed by atoms with van der Waals surface area (Å²) in [6.07, 6.45) is 2.17. The summed E-state index contributed by atoms with van der Waals surface area (Å²) in [6.45, 7) is 1.92. The zero-order chi connectivity index (χ0) is 38.5. The van der Waals surface area contributed by atoms with Gasteiger partial charge in [-0.3, -0.25) is 29.0 Å². The van der Waals surface area contributed by atoms with E-state index in [9.17, 15) is 24.0 Å². The Morgan fingerprint density at radius 2 is 1.70 bits per heavy atom. The molecule has 3 aromatic carbocycles. The molecule has 2 aliphatic rings. The van der Waals surface area contributed by atoms with Crippen LogP contribution in [0.4, 0.5) is 0 Å². The summed E-state index contributed by atoms with van der Waals surface area (Å²) >= 11 is 1.23. The number of para-hydroxylation sites is 1. The number of ether oxygens (including phenoxy) is 1. The molecule has 0 unspecified atom stereocenters. The van der Waals surface area contributed by atoms with Crippen LogP contribution < -0.4 is 37.5 Å². The minimum absolute atomic E-state index is 0.0843. The zero-order valence-electron chi connectivity index (χ0n) is 30.1. The van der Waals surface area contributed by atoms with Gasteiger partial charge in [-0.15, -0.1) is 11.3 Å². The number of aliphatic imine (C=N–C) groups is 1. The predicted molar refractivity (Wildman–Crippen MR) is 207 cm³/mol. The molecule has 14 nitrogen and oxygen atoms in total. The molecule has 6 rings (SSSR count). The second kappa shape index (κ2) is 19.3. The summed E-state index contributed by atoms with van der Waals surface area (Å²) < 4.78 is 6.75. The number of hydrogen-bond donors (Lipinski definition) is 6. The molecule has 4 aromatic rings. The number of carbonyl (C=O) groups excluding carboxylic acids is 5. The number of Topliss-reactive ketones (excluding diaryl/α,β-unsaturated/α-hetero) is 1. The molecule has 2 aliphatic heterocycles. The van der Waals surface area contributed by atoms with Crippen molar-refractivity contribution >= 4 is 56.9 Å². The van der Waals surface area contributed by atoms with E-state index in [1.54, 1.807) is 12.1 Å². The third kappa shape index (κ3) is 11.6. The normalized spacial score (nSPS) is 18.6. The highest BCUT2D eigenvalue weighted by molar-refractivity contribution is 7.20. The molecule has 0 fully saturated rings. The number of thiazole rings is 1. The van der Waals surface area contributed by atoms with E-state index in [4.69, 9.17) is 16.2 Å². The Balaban J connectivity index is 1.42. The van der Waals surface area contributed by atoms with Gasteiger partial charge in [0.25, 0.3) is 0 Å². The quantitative estimate of drug-likeness (QED) is 0.0573. The molecule has 0 spiro atoms. The summed E-state index contributed by atoms with van der Waals surface area (Å²) in [6, 6.07) is 19.6. The van der Waals surface area contributed by atoms with Crippen molar-refractivity contribution in [3.63, 3.8) is 0 Å². The Labute approximate surface area is 317 Å². The molecule has 3 heterocycles. The highest BCUT2D eigenvalue weighted by Gasteiger charge is 2.32. The standard InChI is InChI=1S/C39H46N8O6S/c1-24(48)43-31-23-26-16-18-27(19-17-26)53-21-8-7-13-30(45-37(52)32(46-36(31)51)22-25-10-3-2-4-11-25)35(50)44-29(14-9-20-42-39(40)41)34(49)38-47-28-12-5-6-15-33(28)54-38/h2-6,10-12,15-19,29-32H,7-9,13-14,20-23H2,1H3,(H,43,48)(H,44,50)(H,45,52)(H,46,51)(H4,40,41,42)/t29-,30+,31+,32+/m1/s1. The molecule has 0 aliphatic carbocycles. The summed E-state index contributed by atoms with van der Waals surface area (Å²) in [7, 11) is 0. The lowest BCUT2D eigenvalue weighted by Gasteiger charge is -2.26. The fraction of sp³-hybridized carbons (Fsp3) is 0.359. The fourth-order valence-corrected chi connectivity index (χ4v) is 7.06. The maximum atomic E-state index is 14.1. The predicted octanol–water partition coefficient (Wildman–Crippen LogP) is 2.54. The molecular weight excluding hydrogens is 709 g/mol. The molecular formula is C39H46N8O6S. The van der Waals surface area contributed by atoms with Crippen molar-refractivity contribution in [3.05, 3.63) is 95.0 Å². The SMILES string of the molecule is CC(=O)N[C@H]1Cc2ccc(cc2)OCCCC[C@@H](C(=O)N[C@H](CCCN=C(N)N)C(=O)c2nc3ccccc3s2)NC(=O)[C@H](Cc2ccccc2)NC1=O. The van der Waals surface area contributed by atoms with E-state index in [0.29, 0.717) is 37.1 Å². The topological polar surface area (TPSA) is 220 Å². The van der Waals surface area contributed by atoms with E-state index in [-0.39, 0.29) is 49.0 Å². The maximum Gasteiger partial charge on any atom is 0.243 e. The van der Waals surface area contributed by atoms with Gasteiger partial charge in [-0.25, -0.2) is 4.98 Å². The Kier molecular flexibility index (Phi) is 14.1. The number of amides is 4. The molecule has 0 saturated heterocycles. The largest absolute Gasteiger partial charge is 0.494 e. The Bertz CT molecular complexity index is 1910. The van der Waals surface area contributed by atoms with Crippen LogP contribution in [0.25, 0.3) is 10.2 Å². The van der Waals surface area contributed by atoms with E-state index in [0.717, 1.165) is 15.8 Å². The van der Waals surface area contributed by atoms with Gasteiger partial charge in [0.2, 0.25) is 29.4 Å². The molecule has 4 atom stereocenters. The number of ketones is 1. The number of nitrogens with two attached hydrogens (primary N) is 2. The van der Waals surface area contributed by atoms with Crippen LogP contribution in [0.3, 0.4) is 0 Å². The van der Waals surface area contributed by atoms with Crippen LogP contribution in [0.5, 0.6) is 5.75 Å². The lowest BCUT2D eigenvalue weighted by atomic mass is 10.0. The Morgan fingerprint density at radius 3 is 2.43 bits per heavy atom. The summed E-state index contributed by atoms with van der Waals surface area (Å²) in [4.78, 5) is 76.7. The molecule has 15 heteroatoms. The van der Waals surface area contributed by atoms with Gasteiger partial charge in [0.15, 0.2) is 11.0 Å². The van der Waals surface area contributed by atoms with Crippen molar-refractivity contribution in [2.45, 2.75) is 76.0 Å². The number of hydrogen-bond acceptors (Lipinski definition) is 9. The third-order valence-electron chi connectivity index (χ3n) is 8.84. The number of fused-ring (bicyclic) bond motifs is 15. The van der Waals surface area contributed by atoms with Crippen molar-refractivity contribution in [1.82, 2.24) is 26.3 Å². The molecule has 1 aromatic heterocycles. The number of aromatic nitrogens is 1. The van der Waals surface area contributed by atoms with Crippen LogP contribution >= 0.6 is 11.3 Å². The molecule has 284 valence electrons. The molecule has 2 bridgehead atoms. The second-order valence-corrected chi connectivity index (χ2v) is 14.1. The lowest BCUT2D eigenvalue weighted by Crippen LogP contribution is -2.58. The minimum atomic E-state index is -1.10. The zero-order valence-corrected chi connectivity index (χ0v) is 30.9. The van der Waals surface area contributed by atoms with E-state index < -0.39 is 47.8 Å². The second-order valence-electron chi connectivity index (χ2n) is 13.1. The summed E-state index contributed by atoms with van der Waals surface area (Å²) in [5.41, 5.74) is 13.2. The van der Waals surface area contributed by atoms with Gasteiger partial charge in [-0.1, -0.05) is 54.6 Å². The first kappa shape index (κ1) is 39.4. The number of rotatable bonds is 11. The van der Waals surface area contributed by atoms with E-state index in [2.05, 4.69) is 31.2 Å². The number of carbonyl (C=O) groups is 5. The van der Waals surface area contributed by atoms with Gasteiger partial charge in [0.1, 0.15) is 23.9 Å². The number of benzene rings is 3. The maximum absolute atomic E-state index is 14.1. The van der Waals surface area contributed by atoms with Crippen LogP contribution in [0.15, 0.2) is 83.9 Å². The number of nitrogens with one attached hydrogen (secondary N) is 4. The molecule has 0 saturated carbocycles. The highest BCUT2D eigenvalue weighted by atomic mass is 32.1. The van der Waals surface area contributed by atoms with Gasteiger partial charge in [-0.05, 0) is 67.5 Å². The average Bonchev–Trinajstić information content (AvgIpc) is 3.59. The first-order valence-corrected chi connectivity index (χ1v) is 18.8. The van der Waals surface area contributed by atoms with Crippen LogP contribution in [0.1, 0.15) is 60.0 Å². The van der Waals surface area contributed by atoms with Gasteiger partial charge in [0, 0.05) is 26.3 Å². The van der Waals surface area contributed by atoms with Crippen molar-refractivity contribution in [2.75, 3.05) is 13.2 Å². The first-order valence-electron chi connectivity index (χ1n) is 17.9. The van der Waals surface area contributed by atoms with Gasteiger partial charge >= 0.3 is 0 Å². The smallest absolute Gasteiger partial charge is 0.243 e. The average molecular weight is 755 g/mol. The molecule has 4 amide bonds. The van der Waals surface area contributed by atoms with Crippen LogP contribution in [-0.2, 0) is 32.0 Å². The Morgan fingerprint density at radius 1 is 0.963 bits per heavy atom. The van der Waals surface area contributed by atoms with Crippen molar-refractivity contribution in [3.8, 4) is 5.75 Å². The third-order valence-corrected chi connectivity index (χ3v) is 9.90. The number of nitrogens with zero attached hydrogens (tertiary/aromatic N) is 2.